The molecule has 0 bridgehead atoms. The van der Waals surface area contributed by atoms with Gasteiger partial charge in [0.2, 0.25) is 11.8 Å². The molecule has 2 fully saturated rings. The summed E-state index contributed by atoms with van der Waals surface area (Å²) in [7, 11) is 2.80. The number of aldehydes is 1. The molecule has 8 aromatic rings. The summed E-state index contributed by atoms with van der Waals surface area (Å²) in [4.78, 5) is 60.7. The fraction of sp³-hybridized carbons (Fsp3) is 0.400. The number of fused-ring (bicyclic) bond motifs is 2. The normalized spacial score (nSPS) is 15.0. The summed E-state index contributed by atoms with van der Waals surface area (Å²) in [6.45, 7) is 15.5. The first-order valence-electron chi connectivity index (χ1n) is 27.6. The summed E-state index contributed by atoms with van der Waals surface area (Å²) < 4.78 is 33.0. The topological polar surface area (TPSA) is 215 Å². The minimum absolute atomic E-state index is 0.0333. The Balaban J connectivity index is 0.00000401. The van der Waals surface area contributed by atoms with E-state index in [1.54, 1.807) is 60.3 Å². The standard InChI is InChI=1S/C59H66FIN11O6PS.CH4O/c1-9-69(10-2)56-42-23-41(38-18-19-38)51(50-34(6)45(60)24-49-43(50)26-65-72(49)79-61)54(52(42)66-59(67-56)78-29-33(5)74)77-30-37-15-20-40(46(22-37)62-8)44-27-71(68-47(44)28-73)53(32(3)4)58(76)70-21-11-12-48(70)57(75)63-25-36-13-16-39(17-14-36)55-35(7)64-31-80-55;1-2/h13-17,20,22-24,26-28,31-33,38,48,53,62,74,79H,9-12,18-19,21,25,29-30H2,1-8H3,(H,63,75);2H,1H3. The molecular formula is C60H70FIN11O7PS. The van der Waals surface area contributed by atoms with Crippen LogP contribution in [0.1, 0.15) is 111 Å². The van der Waals surface area contributed by atoms with Crippen LogP contribution >= 0.6 is 39.8 Å². The third-order valence-electron chi connectivity index (χ3n) is 15.2. The maximum Gasteiger partial charge on any atom is 0.319 e. The Kier molecular flexibility index (Phi) is 19.2. The molecule has 4 unspecified atom stereocenters. The third kappa shape index (κ3) is 12.2. The number of nitrogens with zero attached hydrogens (tertiary/aromatic N) is 9. The predicted octanol–water partition coefficient (Wildman–Crippen LogP) is 11.2. The molecule has 4 N–H and O–H groups in total. The lowest BCUT2D eigenvalue weighted by atomic mass is 9.88. The number of hydrogen-bond acceptors (Lipinski definition) is 15. The number of hydrogen-bond donors (Lipinski definition) is 4. The van der Waals surface area contributed by atoms with E-state index in [1.165, 1.54) is 0 Å². The summed E-state index contributed by atoms with van der Waals surface area (Å²) >= 11 is 3.85. The van der Waals surface area contributed by atoms with Crippen molar-refractivity contribution in [1.29, 1.82) is 0 Å². The van der Waals surface area contributed by atoms with Crippen molar-refractivity contribution in [3.05, 3.63) is 112 Å². The number of aryl methyl sites for hydroxylation is 1. The minimum Gasteiger partial charge on any atom is -0.486 e. The van der Waals surface area contributed by atoms with Crippen molar-refractivity contribution >= 4 is 91.2 Å². The monoisotopic (exact) mass is 1270 g/mol. The number of halogens is 2. The average molecular weight is 1270 g/mol. The molecule has 5 heterocycles. The molecule has 82 heavy (non-hydrogen) atoms. The number of thiazole rings is 1. The molecule has 1 saturated carbocycles. The van der Waals surface area contributed by atoms with E-state index in [0.717, 1.165) is 69.1 Å². The van der Waals surface area contributed by atoms with Crippen molar-refractivity contribution in [3.63, 3.8) is 0 Å². The van der Waals surface area contributed by atoms with Crippen LogP contribution in [0, 0.1) is 25.6 Å². The number of amides is 2. The molecule has 4 atom stereocenters. The van der Waals surface area contributed by atoms with E-state index >= 15 is 4.39 Å². The number of benzene rings is 4. The van der Waals surface area contributed by atoms with Gasteiger partial charge >= 0.3 is 6.01 Å². The molecule has 4 aromatic carbocycles. The van der Waals surface area contributed by atoms with Gasteiger partial charge in [0, 0.05) is 91.3 Å². The van der Waals surface area contributed by atoms with E-state index in [9.17, 15) is 19.5 Å². The van der Waals surface area contributed by atoms with Crippen molar-refractivity contribution in [2.45, 2.75) is 111 Å². The van der Waals surface area contributed by atoms with E-state index in [4.69, 9.17) is 29.6 Å². The summed E-state index contributed by atoms with van der Waals surface area (Å²) in [6.07, 6.45) is 6.81. The Morgan fingerprint density at radius 3 is 2.37 bits per heavy atom. The number of likely N-dealkylation sites (tertiary alicyclic amines) is 1. The van der Waals surface area contributed by atoms with Gasteiger partial charge in [0.25, 0.3) is 0 Å². The smallest absolute Gasteiger partial charge is 0.319 e. The average Bonchev–Trinajstić information content (AvgIpc) is 2.26. The number of rotatable bonds is 22. The maximum atomic E-state index is 16.4. The van der Waals surface area contributed by atoms with Crippen LogP contribution in [0.15, 0.2) is 72.5 Å². The highest BCUT2D eigenvalue weighted by molar-refractivity contribution is 14.2. The molecule has 1 aliphatic heterocycles. The van der Waals surface area contributed by atoms with E-state index in [2.05, 4.69) is 67.6 Å². The lowest BCUT2D eigenvalue weighted by Crippen LogP contribution is -2.48. The SMILES string of the molecule is CCN(CC)c1nc(OCC(C)O)nc2c(OCc3ccc(-c4cn(C(C(=O)N5CCCC5C(=O)NCc5ccc(-c6scnc6C)cc5)C(C)C)nc4C=O)c(NC)c3)c(-c3c(C)c(F)cc4c3cnn4PI)c(C3CC3)cc12.CO. The lowest BCUT2D eigenvalue weighted by molar-refractivity contribution is -0.142. The molecule has 10 rings (SSSR count). The van der Waals surface area contributed by atoms with Crippen LogP contribution in [0.3, 0.4) is 0 Å². The molecule has 1 aliphatic carbocycles. The van der Waals surface area contributed by atoms with Gasteiger partial charge in [-0.1, -0.05) is 50.2 Å². The highest BCUT2D eigenvalue weighted by atomic mass is 127. The Bertz CT molecular complexity index is 3620. The molecule has 432 valence electrons. The summed E-state index contributed by atoms with van der Waals surface area (Å²) in [5.74, 6) is 0.222. The summed E-state index contributed by atoms with van der Waals surface area (Å²) in [5.41, 5.74) is 11.7. The van der Waals surface area contributed by atoms with Gasteiger partial charge in [-0.25, -0.2) is 13.8 Å². The first kappa shape index (κ1) is 60.0. The fourth-order valence-corrected chi connectivity index (χ4v) is 13.3. The number of ether oxygens (including phenoxy) is 2. The quantitative estimate of drug-likeness (QED) is 0.0282. The number of nitrogens with one attached hydrogen (secondary N) is 2. The van der Waals surface area contributed by atoms with E-state index in [0.29, 0.717) is 95.8 Å². The van der Waals surface area contributed by atoms with E-state index in [1.807, 2.05) is 73.2 Å². The first-order valence-corrected chi connectivity index (χ1v) is 32.6. The zero-order valence-electron chi connectivity index (χ0n) is 47.6. The highest BCUT2D eigenvalue weighted by Crippen LogP contribution is 2.54. The predicted molar refractivity (Wildman–Crippen MR) is 331 cm³/mol. The van der Waals surface area contributed by atoms with Crippen molar-refractivity contribution < 1.29 is 38.5 Å². The van der Waals surface area contributed by atoms with Crippen molar-refractivity contribution in [2.75, 3.05) is 50.6 Å². The number of aliphatic hydroxyl groups is 2. The minimum atomic E-state index is -0.803. The molecule has 1 saturated heterocycles. The molecule has 2 amide bonds. The van der Waals surface area contributed by atoms with Gasteiger partial charge < -0.3 is 40.1 Å². The Labute approximate surface area is 495 Å². The van der Waals surface area contributed by atoms with Crippen LogP contribution in [0.25, 0.3) is 54.5 Å². The van der Waals surface area contributed by atoms with Crippen LogP contribution in [0.5, 0.6) is 11.8 Å². The zero-order valence-corrected chi connectivity index (χ0v) is 51.6. The Hall–Kier alpha value is -6.65. The third-order valence-corrected chi connectivity index (χ3v) is 18.1. The highest BCUT2D eigenvalue weighted by Gasteiger charge is 2.40. The fourth-order valence-electron chi connectivity index (χ4n) is 10.9. The van der Waals surface area contributed by atoms with Crippen molar-refractivity contribution in [3.8, 4) is 44.5 Å². The molecular weight excluding hydrogens is 1200 g/mol. The molecule has 0 radical (unpaired) electrons. The molecule has 0 spiro atoms. The summed E-state index contributed by atoms with van der Waals surface area (Å²) in [5, 5.41) is 34.7. The molecule has 22 heteroatoms. The number of carbonyl (C=O) groups excluding carboxylic acids is 3. The Morgan fingerprint density at radius 2 is 1.72 bits per heavy atom. The second kappa shape index (κ2) is 26.3. The molecule has 18 nitrogen and oxygen atoms in total. The van der Waals surface area contributed by atoms with Gasteiger partial charge in [-0.05, 0) is 134 Å². The summed E-state index contributed by atoms with van der Waals surface area (Å²) in [6, 6.07) is 16.2. The second-order valence-electron chi connectivity index (χ2n) is 20.9. The first-order chi connectivity index (χ1) is 39.7. The number of aromatic nitrogens is 7. The molecule has 2 aliphatic rings. The Morgan fingerprint density at radius 1 is 0.976 bits per heavy atom. The largest absolute Gasteiger partial charge is 0.486 e. The van der Waals surface area contributed by atoms with Crippen LogP contribution in [0.2, 0.25) is 0 Å². The zero-order chi connectivity index (χ0) is 58.5. The van der Waals surface area contributed by atoms with Crippen LogP contribution in [-0.2, 0) is 22.7 Å². The van der Waals surface area contributed by atoms with Gasteiger partial charge in [-0.2, -0.15) is 20.2 Å². The second-order valence-corrected chi connectivity index (χ2v) is 23.8. The van der Waals surface area contributed by atoms with Gasteiger partial charge in [0.15, 0.2) is 12.0 Å². The number of aliphatic hydroxyl groups excluding tert-OH is 2. The van der Waals surface area contributed by atoms with E-state index < -0.39 is 18.2 Å². The maximum absolute atomic E-state index is 16.4. The number of carbonyl (C=O) groups is 3. The van der Waals surface area contributed by atoms with Crippen molar-refractivity contribution in [1.82, 2.24) is 44.5 Å². The lowest BCUT2D eigenvalue weighted by Gasteiger charge is -2.30. The van der Waals surface area contributed by atoms with Crippen molar-refractivity contribution in [2.24, 2.45) is 5.92 Å². The van der Waals surface area contributed by atoms with Crippen LogP contribution in [-0.4, -0.2) is 120 Å². The van der Waals surface area contributed by atoms with Gasteiger partial charge in [-0.3, -0.25) is 19.1 Å². The van der Waals surface area contributed by atoms with Crippen LogP contribution < -0.4 is 25.0 Å². The van der Waals surface area contributed by atoms with Gasteiger partial charge in [-0.15, -0.1) is 11.3 Å². The number of anilines is 2. The van der Waals surface area contributed by atoms with Gasteiger partial charge in [0.1, 0.15) is 48.1 Å². The van der Waals surface area contributed by atoms with Gasteiger partial charge in [0.05, 0.1) is 40.3 Å². The van der Waals surface area contributed by atoms with Crippen LogP contribution in [0.4, 0.5) is 15.9 Å². The van der Waals surface area contributed by atoms with E-state index in [-0.39, 0.29) is 60.8 Å². The molecule has 4 aromatic heterocycles.